The van der Waals surface area contributed by atoms with Gasteiger partial charge in [0.05, 0.1) is 13.0 Å². The highest BCUT2D eigenvalue weighted by Gasteiger charge is 2.30. The highest BCUT2D eigenvalue weighted by molar-refractivity contribution is 7.10. The minimum absolute atomic E-state index is 0.0179. The third-order valence-electron chi connectivity index (χ3n) is 3.46. The highest BCUT2D eigenvalue weighted by atomic mass is 32.1. The number of ether oxygens (including phenoxy) is 1. The molecule has 3 rings (SSSR count). The van der Waals surface area contributed by atoms with Gasteiger partial charge in [-0.3, -0.25) is 4.79 Å². The van der Waals surface area contributed by atoms with Crippen molar-refractivity contribution in [2.24, 2.45) is 0 Å². The smallest absolute Gasteiger partial charge is 0.243 e. The lowest BCUT2D eigenvalue weighted by Gasteiger charge is -2.21. The summed E-state index contributed by atoms with van der Waals surface area (Å²) in [6, 6.07) is 2.06. The summed E-state index contributed by atoms with van der Waals surface area (Å²) < 4.78 is 5.13. The number of nitrogens with zero attached hydrogens (tertiary/aromatic N) is 2. The van der Waals surface area contributed by atoms with E-state index in [0.29, 0.717) is 11.6 Å². The zero-order chi connectivity index (χ0) is 13.2. The van der Waals surface area contributed by atoms with Crippen LogP contribution in [0, 0.1) is 0 Å². The Bertz CT molecular complexity index is 609. The van der Waals surface area contributed by atoms with Crippen molar-refractivity contribution >= 4 is 17.1 Å². The lowest BCUT2D eigenvalue weighted by Crippen LogP contribution is -2.19. The van der Waals surface area contributed by atoms with Crippen LogP contribution in [0.25, 0.3) is 0 Å². The van der Waals surface area contributed by atoms with Gasteiger partial charge in [0, 0.05) is 17.3 Å². The first-order valence-corrected chi connectivity index (χ1v) is 7.14. The van der Waals surface area contributed by atoms with Gasteiger partial charge in [-0.05, 0) is 36.3 Å². The third-order valence-corrected chi connectivity index (χ3v) is 4.46. The van der Waals surface area contributed by atoms with Gasteiger partial charge < -0.3 is 4.74 Å². The molecule has 2 heterocycles. The molecule has 1 atom stereocenters. The second-order valence-corrected chi connectivity index (χ2v) is 5.52. The van der Waals surface area contributed by atoms with Gasteiger partial charge in [-0.2, -0.15) is 0 Å². The lowest BCUT2D eigenvalue weighted by molar-refractivity contribution is 0.0942. The van der Waals surface area contributed by atoms with Gasteiger partial charge in [-0.25, -0.2) is 9.97 Å². The van der Waals surface area contributed by atoms with Crippen LogP contribution in [0.4, 0.5) is 0 Å². The summed E-state index contributed by atoms with van der Waals surface area (Å²) in [5, 5.41) is 2.06. The van der Waals surface area contributed by atoms with Crippen LogP contribution in [-0.2, 0) is 6.42 Å². The molecule has 19 heavy (non-hydrogen) atoms. The molecule has 5 heteroatoms. The number of ketones is 1. The Morgan fingerprint density at radius 3 is 3.11 bits per heavy atom. The second-order valence-electron chi connectivity index (χ2n) is 4.52. The van der Waals surface area contributed by atoms with Crippen molar-refractivity contribution in [3.8, 4) is 5.88 Å². The summed E-state index contributed by atoms with van der Waals surface area (Å²) in [5.74, 6) is 0.236. The van der Waals surface area contributed by atoms with Gasteiger partial charge in [0.1, 0.15) is 0 Å². The summed E-state index contributed by atoms with van der Waals surface area (Å²) in [6.07, 6.45) is 6.07. The van der Waals surface area contributed by atoms with Crippen LogP contribution < -0.4 is 4.74 Å². The summed E-state index contributed by atoms with van der Waals surface area (Å²) >= 11 is 1.73. The summed E-state index contributed by atoms with van der Waals surface area (Å²) in [6.45, 7) is 0. The number of thiophene rings is 1. The number of aromatic nitrogens is 2. The van der Waals surface area contributed by atoms with Crippen molar-refractivity contribution in [1.29, 1.82) is 0 Å². The van der Waals surface area contributed by atoms with Gasteiger partial charge >= 0.3 is 0 Å². The average Bonchev–Trinajstić information content (AvgIpc) is 2.94. The van der Waals surface area contributed by atoms with Crippen molar-refractivity contribution in [1.82, 2.24) is 9.97 Å². The number of methoxy groups -OCH3 is 1. The Labute approximate surface area is 115 Å². The maximum absolute atomic E-state index is 12.7. The maximum Gasteiger partial charge on any atom is 0.243 e. The average molecular weight is 274 g/mol. The van der Waals surface area contributed by atoms with E-state index in [1.165, 1.54) is 24.4 Å². The van der Waals surface area contributed by atoms with E-state index in [0.717, 1.165) is 24.8 Å². The highest BCUT2D eigenvalue weighted by Crippen LogP contribution is 2.37. The van der Waals surface area contributed by atoms with E-state index >= 15 is 0 Å². The predicted molar refractivity (Wildman–Crippen MR) is 72.9 cm³/mol. The zero-order valence-electron chi connectivity index (χ0n) is 10.6. The van der Waals surface area contributed by atoms with Crippen molar-refractivity contribution in [2.45, 2.75) is 25.2 Å². The van der Waals surface area contributed by atoms with Crippen LogP contribution in [0.3, 0.4) is 0 Å². The SMILES string of the molecule is COc1nccnc1C(=O)C1CCCc2sccc21. The molecule has 0 amide bonds. The monoisotopic (exact) mass is 274 g/mol. The molecule has 0 aromatic carbocycles. The van der Waals surface area contributed by atoms with Crippen molar-refractivity contribution in [2.75, 3.05) is 7.11 Å². The molecule has 2 aromatic heterocycles. The molecule has 98 valence electrons. The number of rotatable bonds is 3. The molecule has 0 saturated heterocycles. The van der Waals surface area contributed by atoms with Gasteiger partial charge in [-0.15, -0.1) is 11.3 Å². The molecule has 0 spiro atoms. The first-order chi connectivity index (χ1) is 9.31. The predicted octanol–water partition coefficient (Wildman–Crippen LogP) is 2.85. The Hall–Kier alpha value is -1.75. The first kappa shape index (κ1) is 12.3. The standard InChI is InChI=1S/C14H14N2O2S/c1-18-14-12(15-6-7-16-14)13(17)10-3-2-4-11-9(10)5-8-19-11/h5-8,10H,2-4H2,1H3. The quantitative estimate of drug-likeness (QED) is 0.808. The topological polar surface area (TPSA) is 52.1 Å². The molecule has 0 saturated carbocycles. The van der Waals surface area contributed by atoms with Gasteiger partial charge in [-0.1, -0.05) is 0 Å². The van der Waals surface area contributed by atoms with Gasteiger partial charge in [0.2, 0.25) is 5.88 Å². The van der Waals surface area contributed by atoms with E-state index in [1.54, 1.807) is 11.3 Å². The van der Waals surface area contributed by atoms with Crippen molar-refractivity contribution in [3.63, 3.8) is 0 Å². The second kappa shape index (κ2) is 5.09. The molecule has 2 aromatic rings. The fraction of sp³-hybridized carbons (Fsp3) is 0.357. The normalized spacial score (nSPS) is 17.8. The van der Waals surface area contributed by atoms with Crippen LogP contribution in [0.5, 0.6) is 5.88 Å². The van der Waals surface area contributed by atoms with E-state index in [2.05, 4.69) is 21.4 Å². The molecule has 0 bridgehead atoms. The fourth-order valence-electron chi connectivity index (χ4n) is 2.57. The van der Waals surface area contributed by atoms with Crippen LogP contribution in [-0.4, -0.2) is 22.9 Å². The van der Waals surface area contributed by atoms with Crippen molar-refractivity contribution in [3.05, 3.63) is 40.0 Å². The summed E-state index contributed by atoms with van der Waals surface area (Å²) in [7, 11) is 1.51. The molecular weight excluding hydrogens is 260 g/mol. The minimum Gasteiger partial charge on any atom is -0.479 e. The molecule has 1 unspecified atom stereocenters. The molecule has 1 aliphatic rings. The van der Waals surface area contributed by atoms with E-state index < -0.39 is 0 Å². The fourth-order valence-corrected chi connectivity index (χ4v) is 3.55. The Balaban J connectivity index is 1.98. The number of hydrogen-bond acceptors (Lipinski definition) is 5. The molecule has 0 N–H and O–H groups in total. The number of Topliss-reactive ketones (excluding diaryl/α,β-unsaturated/α-hetero) is 1. The molecule has 1 aliphatic carbocycles. The maximum atomic E-state index is 12.7. The minimum atomic E-state index is -0.0967. The molecular formula is C14H14N2O2S. The number of fused-ring (bicyclic) bond motifs is 1. The molecule has 0 radical (unpaired) electrons. The zero-order valence-corrected chi connectivity index (χ0v) is 11.4. The number of carbonyl (C=O) groups is 1. The largest absolute Gasteiger partial charge is 0.479 e. The molecule has 0 aliphatic heterocycles. The molecule has 4 nitrogen and oxygen atoms in total. The lowest BCUT2D eigenvalue weighted by atomic mass is 9.84. The van der Waals surface area contributed by atoms with Crippen LogP contribution in [0.2, 0.25) is 0 Å². The Morgan fingerprint density at radius 1 is 1.42 bits per heavy atom. The van der Waals surface area contributed by atoms with Crippen molar-refractivity contribution < 1.29 is 9.53 Å². The van der Waals surface area contributed by atoms with E-state index in [9.17, 15) is 4.79 Å². The van der Waals surface area contributed by atoms with E-state index in [4.69, 9.17) is 4.74 Å². The third kappa shape index (κ3) is 2.14. The number of aryl methyl sites for hydroxylation is 1. The summed E-state index contributed by atoms with van der Waals surface area (Å²) in [5.41, 5.74) is 1.50. The number of hydrogen-bond donors (Lipinski definition) is 0. The number of carbonyl (C=O) groups excluding carboxylic acids is 1. The van der Waals surface area contributed by atoms with Crippen LogP contribution in [0.15, 0.2) is 23.8 Å². The Morgan fingerprint density at radius 2 is 2.26 bits per heavy atom. The molecule has 0 fully saturated rings. The van der Waals surface area contributed by atoms with Gasteiger partial charge in [0.25, 0.3) is 0 Å². The van der Waals surface area contributed by atoms with Gasteiger partial charge in [0.15, 0.2) is 11.5 Å². The van der Waals surface area contributed by atoms with Crippen LogP contribution >= 0.6 is 11.3 Å². The van der Waals surface area contributed by atoms with E-state index in [-0.39, 0.29) is 11.7 Å². The van der Waals surface area contributed by atoms with E-state index in [1.807, 2.05) is 0 Å². The first-order valence-electron chi connectivity index (χ1n) is 6.26. The Kier molecular flexibility index (Phi) is 3.29. The van der Waals surface area contributed by atoms with Crippen LogP contribution in [0.1, 0.15) is 39.7 Å². The summed E-state index contributed by atoms with van der Waals surface area (Å²) in [4.78, 5) is 22.2.